The van der Waals surface area contributed by atoms with Crippen LogP contribution in [0.15, 0.2) is 24.4 Å². The number of halogens is 1. The summed E-state index contributed by atoms with van der Waals surface area (Å²) >= 11 is 0. The van der Waals surface area contributed by atoms with E-state index in [0.29, 0.717) is 18.1 Å². The minimum Gasteiger partial charge on any atom is -0.325 e. The minimum atomic E-state index is -0.379. The summed E-state index contributed by atoms with van der Waals surface area (Å²) in [7, 11) is 0. The molecule has 2 aromatic heterocycles. The third kappa shape index (κ3) is 2.20. The number of nitrogens with two attached hydrogens (primary N) is 1. The second-order valence-corrected chi connectivity index (χ2v) is 3.39. The van der Waals surface area contributed by atoms with E-state index in [1.54, 1.807) is 6.07 Å². The van der Waals surface area contributed by atoms with E-state index < -0.39 is 0 Å². The number of aryl methyl sites for hydroxylation is 1. The fourth-order valence-electron chi connectivity index (χ4n) is 1.36. The van der Waals surface area contributed by atoms with Gasteiger partial charge in [-0.15, -0.1) is 0 Å². The first-order chi connectivity index (χ1) is 7.69. The fourth-order valence-corrected chi connectivity index (χ4v) is 1.36. The number of hydrogen-bond acceptors (Lipinski definition) is 4. The van der Waals surface area contributed by atoms with E-state index in [4.69, 9.17) is 5.73 Å². The van der Waals surface area contributed by atoms with Crippen LogP contribution in [-0.2, 0) is 6.54 Å². The van der Waals surface area contributed by atoms with Crippen molar-refractivity contribution in [3.63, 3.8) is 0 Å². The van der Waals surface area contributed by atoms with Crippen LogP contribution >= 0.6 is 0 Å². The molecule has 0 aromatic carbocycles. The van der Waals surface area contributed by atoms with Crippen LogP contribution in [0.5, 0.6) is 0 Å². The molecule has 0 fully saturated rings. The SMILES string of the molecule is Cc1cc(CN)nc(-c2ccc(F)cn2)n1. The summed E-state index contributed by atoms with van der Waals surface area (Å²) in [5.74, 6) is 0.0934. The summed E-state index contributed by atoms with van der Waals surface area (Å²) in [4.78, 5) is 12.4. The van der Waals surface area contributed by atoms with Crippen LogP contribution in [0.3, 0.4) is 0 Å². The Morgan fingerprint density at radius 3 is 2.75 bits per heavy atom. The lowest BCUT2D eigenvalue weighted by atomic mass is 10.3. The molecule has 0 amide bonds. The molecule has 0 atom stereocenters. The number of hydrogen-bond donors (Lipinski definition) is 1. The smallest absolute Gasteiger partial charge is 0.178 e. The van der Waals surface area contributed by atoms with Crippen molar-refractivity contribution in [1.82, 2.24) is 15.0 Å². The first-order valence-electron chi connectivity index (χ1n) is 4.85. The molecule has 0 radical (unpaired) electrons. The molecule has 2 aromatic rings. The van der Waals surface area contributed by atoms with Gasteiger partial charge in [-0.05, 0) is 25.1 Å². The Morgan fingerprint density at radius 1 is 1.31 bits per heavy atom. The van der Waals surface area contributed by atoms with Crippen molar-refractivity contribution in [3.05, 3.63) is 41.6 Å². The highest BCUT2D eigenvalue weighted by molar-refractivity contribution is 5.48. The summed E-state index contributed by atoms with van der Waals surface area (Å²) < 4.78 is 12.7. The largest absolute Gasteiger partial charge is 0.325 e. The van der Waals surface area contributed by atoms with Crippen LogP contribution in [0, 0.1) is 12.7 Å². The molecule has 82 valence electrons. The molecule has 0 aliphatic heterocycles. The first-order valence-corrected chi connectivity index (χ1v) is 4.85. The van der Waals surface area contributed by atoms with Crippen LogP contribution in [0.4, 0.5) is 4.39 Å². The lowest BCUT2D eigenvalue weighted by Gasteiger charge is -2.03. The van der Waals surface area contributed by atoms with Crippen molar-refractivity contribution in [3.8, 4) is 11.5 Å². The number of rotatable bonds is 2. The van der Waals surface area contributed by atoms with Gasteiger partial charge in [0.25, 0.3) is 0 Å². The monoisotopic (exact) mass is 218 g/mol. The van der Waals surface area contributed by atoms with Crippen molar-refractivity contribution in [1.29, 1.82) is 0 Å². The lowest BCUT2D eigenvalue weighted by Crippen LogP contribution is -2.04. The minimum absolute atomic E-state index is 0.345. The van der Waals surface area contributed by atoms with Gasteiger partial charge in [-0.3, -0.25) is 0 Å². The van der Waals surface area contributed by atoms with E-state index in [2.05, 4.69) is 15.0 Å². The molecule has 0 aliphatic rings. The van der Waals surface area contributed by atoms with Gasteiger partial charge in [0.2, 0.25) is 0 Å². The summed E-state index contributed by atoms with van der Waals surface area (Å²) in [5.41, 5.74) is 7.62. The molecule has 0 aliphatic carbocycles. The van der Waals surface area contributed by atoms with Gasteiger partial charge >= 0.3 is 0 Å². The Balaban J connectivity index is 2.47. The van der Waals surface area contributed by atoms with E-state index in [1.165, 1.54) is 6.07 Å². The van der Waals surface area contributed by atoms with Crippen LogP contribution in [-0.4, -0.2) is 15.0 Å². The van der Waals surface area contributed by atoms with E-state index in [1.807, 2.05) is 13.0 Å². The van der Waals surface area contributed by atoms with Crippen molar-refractivity contribution in [2.75, 3.05) is 0 Å². The normalized spacial score (nSPS) is 10.4. The molecule has 0 saturated heterocycles. The third-order valence-corrected chi connectivity index (χ3v) is 2.07. The van der Waals surface area contributed by atoms with Gasteiger partial charge in [0.05, 0.1) is 11.9 Å². The van der Waals surface area contributed by atoms with E-state index in [-0.39, 0.29) is 5.82 Å². The summed E-state index contributed by atoms with van der Waals surface area (Å²) in [6, 6.07) is 4.69. The molecule has 0 saturated carbocycles. The van der Waals surface area contributed by atoms with E-state index >= 15 is 0 Å². The Hall–Kier alpha value is -1.88. The molecule has 4 nitrogen and oxygen atoms in total. The van der Waals surface area contributed by atoms with Gasteiger partial charge in [-0.25, -0.2) is 19.3 Å². The lowest BCUT2D eigenvalue weighted by molar-refractivity contribution is 0.621. The number of aromatic nitrogens is 3. The van der Waals surface area contributed by atoms with Crippen molar-refractivity contribution >= 4 is 0 Å². The Morgan fingerprint density at radius 2 is 2.12 bits per heavy atom. The van der Waals surface area contributed by atoms with Crippen molar-refractivity contribution in [2.24, 2.45) is 5.73 Å². The molecule has 0 spiro atoms. The van der Waals surface area contributed by atoms with Gasteiger partial charge in [-0.2, -0.15) is 0 Å². The second kappa shape index (κ2) is 4.32. The molecule has 2 rings (SSSR count). The maximum atomic E-state index is 12.7. The third-order valence-electron chi connectivity index (χ3n) is 2.07. The molecule has 16 heavy (non-hydrogen) atoms. The summed E-state index contributed by atoms with van der Waals surface area (Å²) in [6.07, 6.45) is 1.14. The first kappa shape index (κ1) is 10.6. The highest BCUT2D eigenvalue weighted by Gasteiger charge is 2.05. The molecule has 0 bridgehead atoms. The molecule has 2 heterocycles. The van der Waals surface area contributed by atoms with Crippen LogP contribution in [0.1, 0.15) is 11.4 Å². The fraction of sp³-hybridized carbons (Fsp3) is 0.182. The maximum absolute atomic E-state index is 12.7. The average molecular weight is 218 g/mol. The highest BCUT2D eigenvalue weighted by atomic mass is 19.1. The van der Waals surface area contributed by atoms with Crippen LogP contribution < -0.4 is 5.73 Å². The average Bonchev–Trinajstić information content (AvgIpc) is 2.29. The quantitative estimate of drug-likeness (QED) is 0.828. The summed E-state index contributed by atoms with van der Waals surface area (Å²) in [5, 5.41) is 0. The predicted octanol–water partition coefficient (Wildman–Crippen LogP) is 1.44. The highest BCUT2D eigenvalue weighted by Crippen LogP contribution is 2.13. The standard InChI is InChI=1S/C11H11FN4/c1-7-4-9(5-13)16-11(15-7)10-3-2-8(12)6-14-10/h2-4,6H,5,13H2,1H3. The maximum Gasteiger partial charge on any atom is 0.178 e. The zero-order chi connectivity index (χ0) is 11.5. The van der Waals surface area contributed by atoms with E-state index in [9.17, 15) is 4.39 Å². The van der Waals surface area contributed by atoms with Crippen LogP contribution in [0.25, 0.3) is 11.5 Å². The van der Waals surface area contributed by atoms with Gasteiger partial charge in [0.1, 0.15) is 11.5 Å². The van der Waals surface area contributed by atoms with Crippen molar-refractivity contribution < 1.29 is 4.39 Å². The van der Waals surface area contributed by atoms with Gasteiger partial charge in [0, 0.05) is 12.2 Å². The zero-order valence-corrected chi connectivity index (χ0v) is 8.81. The Kier molecular flexibility index (Phi) is 2.87. The van der Waals surface area contributed by atoms with Gasteiger partial charge < -0.3 is 5.73 Å². The number of pyridine rings is 1. The molecular formula is C11H11FN4. The van der Waals surface area contributed by atoms with Crippen molar-refractivity contribution in [2.45, 2.75) is 13.5 Å². The number of nitrogens with zero attached hydrogens (tertiary/aromatic N) is 3. The van der Waals surface area contributed by atoms with Gasteiger partial charge in [-0.1, -0.05) is 0 Å². The second-order valence-electron chi connectivity index (χ2n) is 3.39. The molecule has 2 N–H and O–H groups in total. The Labute approximate surface area is 92.4 Å². The van der Waals surface area contributed by atoms with Crippen LogP contribution in [0.2, 0.25) is 0 Å². The Bertz CT molecular complexity index is 496. The molecule has 0 unspecified atom stereocenters. The van der Waals surface area contributed by atoms with Gasteiger partial charge in [0.15, 0.2) is 5.82 Å². The van der Waals surface area contributed by atoms with E-state index in [0.717, 1.165) is 17.6 Å². The molecular weight excluding hydrogens is 207 g/mol. The summed E-state index contributed by atoms with van der Waals surface area (Å²) in [6.45, 7) is 2.20. The predicted molar refractivity (Wildman–Crippen MR) is 57.8 cm³/mol. The topological polar surface area (TPSA) is 64.7 Å². The molecule has 5 heteroatoms. The zero-order valence-electron chi connectivity index (χ0n) is 8.81.